The molecule has 0 aliphatic carbocycles. The summed E-state index contributed by atoms with van der Waals surface area (Å²) >= 11 is 0. The van der Waals surface area contributed by atoms with Gasteiger partial charge in [0.2, 0.25) is 0 Å². The van der Waals surface area contributed by atoms with Gasteiger partial charge in [0, 0.05) is 18.7 Å². The molecule has 2 aromatic heterocycles. The number of ether oxygens (including phenoxy) is 2. The number of hydrogen-bond donors (Lipinski definition) is 0. The highest BCUT2D eigenvalue weighted by atomic mass is 16.5. The van der Waals surface area contributed by atoms with Crippen LogP contribution in [0.15, 0.2) is 28.9 Å². The summed E-state index contributed by atoms with van der Waals surface area (Å²) in [7, 11) is 3.12. The molecule has 1 aliphatic heterocycles. The first-order valence-electron chi connectivity index (χ1n) is 9.33. The van der Waals surface area contributed by atoms with E-state index in [0.29, 0.717) is 47.6 Å². The minimum Gasteiger partial charge on any atom is -0.493 e. The molecule has 0 unspecified atom stereocenters. The van der Waals surface area contributed by atoms with Crippen molar-refractivity contribution in [2.24, 2.45) is 0 Å². The minimum atomic E-state index is -0.0523. The number of aromatic nitrogens is 5. The average molecular weight is 398 g/mol. The Morgan fingerprint density at radius 3 is 2.79 bits per heavy atom. The van der Waals surface area contributed by atoms with Gasteiger partial charge in [0.15, 0.2) is 23.0 Å². The first kappa shape index (κ1) is 18.9. The number of likely N-dealkylation sites (tertiary alicyclic amines) is 1. The normalized spacial score (nSPS) is 16.7. The molecular weight excluding hydrogens is 376 g/mol. The van der Waals surface area contributed by atoms with Gasteiger partial charge >= 0.3 is 0 Å². The Bertz CT molecular complexity index is 1010. The Balaban J connectivity index is 1.50. The smallest absolute Gasteiger partial charge is 0.280 e. The number of methoxy groups -OCH3 is 2. The molecule has 3 aromatic rings. The Labute approximate surface area is 167 Å². The zero-order chi connectivity index (χ0) is 20.4. The molecule has 0 radical (unpaired) electrons. The molecule has 10 nitrogen and oxygen atoms in total. The summed E-state index contributed by atoms with van der Waals surface area (Å²) in [6.45, 7) is 2.98. The highest BCUT2D eigenvalue weighted by Gasteiger charge is 2.27. The molecule has 1 amide bonds. The van der Waals surface area contributed by atoms with Gasteiger partial charge in [-0.25, -0.2) is 4.68 Å². The van der Waals surface area contributed by atoms with Crippen molar-refractivity contribution < 1.29 is 18.8 Å². The maximum Gasteiger partial charge on any atom is 0.280 e. The SMILES string of the molecule is COc1ccc(C(=O)N2CCC[C@H](n3cc(-c4nc(C)no4)nn3)C2)cc1OC. The lowest BCUT2D eigenvalue weighted by Gasteiger charge is -2.32. The van der Waals surface area contributed by atoms with Crippen molar-refractivity contribution in [1.29, 1.82) is 0 Å². The van der Waals surface area contributed by atoms with E-state index in [1.165, 1.54) is 0 Å². The summed E-state index contributed by atoms with van der Waals surface area (Å²) < 4.78 is 17.5. The molecule has 0 spiro atoms. The molecule has 0 bridgehead atoms. The second-order valence-corrected chi connectivity index (χ2v) is 6.85. The van der Waals surface area contributed by atoms with E-state index in [4.69, 9.17) is 14.0 Å². The molecule has 4 rings (SSSR count). The lowest BCUT2D eigenvalue weighted by Crippen LogP contribution is -2.40. The second-order valence-electron chi connectivity index (χ2n) is 6.85. The third-order valence-electron chi connectivity index (χ3n) is 4.95. The Morgan fingerprint density at radius 1 is 1.24 bits per heavy atom. The van der Waals surface area contributed by atoms with Gasteiger partial charge in [-0.15, -0.1) is 5.10 Å². The zero-order valence-electron chi connectivity index (χ0n) is 16.5. The van der Waals surface area contributed by atoms with Crippen LogP contribution in [0, 0.1) is 6.92 Å². The van der Waals surface area contributed by atoms with Crippen LogP contribution in [0.2, 0.25) is 0 Å². The molecule has 0 N–H and O–H groups in total. The van der Waals surface area contributed by atoms with Crippen LogP contribution in [0.3, 0.4) is 0 Å². The highest BCUT2D eigenvalue weighted by molar-refractivity contribution is 5.95. The number of piperidine rings is 1. The number of carbonyl (C=O) groups excluding carboxylic acids is 1. The molecule has 1 saturated heterocycles. The first-order chi connectivity index (χ1) is 14.1. The number of hydrogen-bond acceptors (Lipinski definition) is 8. The molecule has 1 atom stereocenters. The number of nitrogens with zero attached hydrogens (tertiary/aromatic N) is 6. The van der Waals surface area contributed by atoms with Crippen LogP contribution in [0.25, 0.3) is 11.6 Å². The van der Waals surface area contributed by atoms with Crippen molar-refractivity contribution in [2.75, 3.05) is 27.3 Å². The summed E-state index contributed by atoms with van der Waals surface area (Å²) in [5.74, 6) is 1.94. The van der Waals surface area contributed by atoms with E-state index in [1.54, 1.807) is 50.2 Å². The molecule has 1 aromatic carbocycles. The van der Waals surface area contributed by atoms with E-state index < -0.39 is 0 Å². The van der Waals surface area contributed by atoms with Crippen molar-refractivity contribution in [2.45, 2.75) is 25.8 Å². The molecule has 152 valence electrons. The minimum absolute atomic E-state index is 0.0260. The number of benzene rings is 1. The maximum atomic E-state index is 13.0. The molecule has 29 heavy (non-hydrogen) atoms. The van der Waals surface area contributed by atoms with Crippen LogP contribution in [0.4, 0.5) is 0 Å². The molecule has 1 aliphatic rings. The van der Waals surface area contributed by atoms with Crippen LogP contribution >= 0.6 is 0 Å². The van der Waals surface area contributed by atoms with Gasteiger partial charge in [-0.05, 0) is 38.0 Å². The molecule has 0 saturated carbocycles. The largest absolute Gasteiger partial charge is 0.493 e. The number of aryl methyl sites for hydroxylation is 1. The summed E-state index contributed by atoms with van der Waals surface area (Å²) in [4.78, 5) is 19.0. The van der Waals surface area contributed by atoms with Gasteiger partial charge in [-0.1, -0.05) is 10.4 Å². The number of carbonyl (C=O) groups is 1. The number of rotatable bonds is 5. The highest BCUT2D eigenvalue weighted by Crippen LogP contribution is 2.29. The van der Waals surface area contributed by atoms with E-state index in [1.807, 2.05) is 4.90 Å². The number of amides is 1. The van der Waals surface area contributed by atoms with E-state index in [2.05, 4.69) is 20.5 Å². The van der Waals surface area contributed by atoms with Crippen LogP contribution in [0.1, 0.15) is 35.1 Å². The third kappa shape index (κ3) is 3.78. The predicted octanol–water partition coefficient (Wildman–Crippen LogP) is 2.13. The lowest BCUT2D eigenvalue weighted by atomic mass is 10.0. The Kier molecular flexibility index (Phi) is 5.15. The van der Waals surface area contributed by atoms with E-state index in [-0.39, 0.29) is 11.9 Å². The van der Waals surface area contributed by atoms with Gasteiger partial charge in [-0.2, -0.15) is 4.98 Å². The Hall–Kier alpha value is -3.43. The van der Waals surface area contributed by atoms with E-state index in [9.17, 15) is 4.79 Å². The Morgan fingerprint density at radius 2 is 2.07 bits per heavy atom. The zero-order valence-corrected chi connectivity index (χ0v) is 16.5. The quantitative estimate of drug-likeness (QED) is 0.643. The van der Waals surface area contributed by atoms with Crippen LogP contribution in [-0.2, 0) is 0 Å². The summed E-state index contributed by atoms with van der Waals surface area (Å²) in [5, 5.41) is 12.1. The summed E-state index contributed by atoms with van der Waals surface area (Å²) in [6, 6.07) is 5.22. The van der Waals surface area contributed by atoms with Crippen LogP contribution in [-0.4, -0.2) is 63.3 Å². The lowest BCUT2D eigenvalue weighted by molar-refractivity contribution is 0.0671. The van der Waals surface area contributed by atoms with E-state index in [0.717, 1.165) is 12.8 Å². The van der Waals surface area contributed by atoms with Gasteiger partial charge in [0.25, 0.3) is 11.8 Å². The van der Waals surface area contributed by atoms with Gasteiger partial charge in [0.05, 0.1) is 26.5 Å². The summed E-state index contributed by atoms with van der Waals surface area (Å²) in [5.41, 5.74) is 1.08. The summed E-state index contributed by atoms with van der Waals surface area (Å²) in [6.07, 6.45) is 3.56. The van der Waals surface area contributed by atoms with Crippen LogP contribution < -0.4 is 9.47 Å². The van der Waals surface area contributed by atoms with E-state index >= 15 is 0 Å². The van der Waals surface area contributed by atoms with Crippen molar-refractivity contribution >= 4 is 5.91 Å². The van der Waals surface area contributed by atoms with Crippen molar-refractivity contribution in [3.63, 3.8) is 0 Å². The van der Waals surface area contributed by atoms with Gasteiger partial charge < -0.3 is 18.9 Å². The average Bonchev–Trinajstić information content (AvgIpc) is 3.42. The maximum absolute atomic E-state index is 13.0. The predicted molar refractivity (Wildman–Crippen MR) is 102 cm³/mol. The molecule has 10 heteroatoms. The fourth-order valence-electron chi connectivity index (χ4n) is 3.46. The molecular formula is C19H22N6O4. The fourth-order valence-corrected chi connectivity index (χ4v) is 3.46. The van der Waals surface area contributed by atoms with Gasteiger partial charge in [-0.3, -0.25) is 4.79 Å². The first-order valence-corrected chi connectivity index (χ1v) is 9.33. The van der Waals surface area contributed by atoms with Crippen molar-refractivity contribution in [3.05, 3.63) is 35.8 Å². The van der Waals surface area contributed by atoms with Gasteiger partial charge in [0.1, 0.15) is 0 Å². The molecule has 1 fully saturated rings. The standard InChI is InChI=1S/C19H22N6O4/c1-12-20-18(29-22-12)15-11-25(23-21-15)14-5-4-8-24(10-14)19(26)13-6-7-16(27-2)17(9-13)28-3/h6-7,9,11,14H,4-5,8,10H2,1-3H3/t14-/m0/s1. The van der Waals surface area contributed by atoms with Crippen LogP contribution in [0.5, 0.6) is 11.5 Å². The fraction of sp³-hybridized carbons (Fsp3) is 0.421. The third-order valence-corrected chi connectivity index (χ3v) is 4.95. The second kappa shape index (κ2) is 7.90. The topological polar surface area (TPSA) is 108 Å². The van der Waals surface area contributed by atoms with Crippen molar-refractivity contribution in [3.8, 4) is 23.1 Å². The monoisotopic (exact) mass is 398 g/mol. The van der Waals surface area contributed by atoms with Crippen molar-refractivity contribution in [1.82, 2.24) is 30.0 Å². The molecule has 3 heterocycles.